The molecule has 0 aliphatic carbocycles. The third-order valence-electron chi connectivity index (χ3n) is 4.32. The molecule has 1 saturated heterocycles. The Morgan fingerprint density at radius 1 is 1.27 bits per heavy atom. The van der Waals surface area contributed by atoms with Crippen LogP contribution in [0.5, 0.6) is 0 Å². The quantitative estimate of drug-likeness (QED) is 0.793. The second kappa shape index (κ2) is 5.79. The number of hydrogen-bond acceptors (Lipinski definition) is 3. The van der Waals surface area contributed by atoms with E-state index in [4.69, 9.17) is 0 Å². The van der Waals surface area contributed by atoms with Gasteiger partial charge < -0.3 is 10.2 Å². The molecule has 1 fully saturated rings. The Morgan fingerprint density at radius 3 is 2.73 bits per heavy atom. The Bertz CT molecular complexity index is 699. The summed E-state index contributed by atoms with van der Waals surface area (Å²) in [5, 5.41) is 10.4. The van der Waals surface area contributed by atoms with Crippen molar-refractivity contribution in [1.29, 1.82) is 0 Å². The molecule has 2 atom stereocenters. The van der Waals surface area contributed by atoms with E-state index in [1.807, 2.05) is 19.9 Å². The van der Waals surface area contributed by atoms with E-state index in [9.17, 15) is 9.59 Å². The van der Waals surface area contributed by atoms with Crippen LogP contribution in [0.15, 0.2) is 24.4 Å². The first kappa shape index (κ1) is 14.6. The van der Waals surface area contributed by atoms with E-state index in [2.05, 4.69) is 15.5 Å². The van der Waals surface area contributed by atoms with Crippen LogP contribution in [0.1, 0.15) is 33.1 Å². The van der Waals surface area contributed by atoms with E-state index in [1.165, 1.54) is 0 Å². The lowest BCUT2D eigenvalue weighted by atomic mass is 9.97. The van der Waals surface area contributed by atoms with Crippen LogP contribution < -0.4 is 5.32 Å². The van der Waals surface area contributed by atoms with Crippen molar-refractivity contribution in [2.24, 2.45) is 0 Å². The highest BCUT2D eigenvalue weighted by Gasteiger charge is 2.32. The number of hydrogen-bond donors (Lipinski definition) is 2. The zero-order valence-corrected chi connectivity index (χ0v) is 12.8. The van der Waals surface area contributed by atoms with E-state index in [0.717, 1.165) is 30.2 Å². The number of aromatic amines is 1. The molecular weight excluding hydrogens is 280 g/mol. The Balaban J connectivity index is 1.74. The summed E-state index contributed by atoms with van der Waals surface area (Å²) < 4.78 is 0. The maximum absolute atomic E-state index is 12.4. The van der Waals surface area contributed by atoms with Gasteiger partial charge in [0.2, 0.25) is 0 Å². The summed E-state index contributed by atoms with van der Waals surface area (Å²) in [5.74, 6) is -1.04. The maximum Gasteiger partial charge on any atom is 0.313 e. The third-order valence-corrected chi connectivity index (χ3v) is 4.32. The largest absolute Gasteiger partial charge is 0.329 e. The van der Waals surface area contributed by atoms with Gasteiger partial charge in [-0.3, -0.25) is 14.7 Å². The summed E-state index contributed by atoms with van der Waals surface area (Å²) >= 11 is 0. The molecule has 116 valence electrons. The van der Waals surface area contributed by atoms with E-state index < -0.39 is 11.8 Å². The Kier molecular flexibility index (Phi) is 3.83. The second-order valence-corrected chi connectivity index (χ2v) is 5.97. The number of carbonyl (C=O) groups excluding carboxylic acids is 2. The van der Waals surface area contributed by atoms with Crippen LogP contribution in [0.2, 0.25) is 0 Å². The summed E-state index contributed by atoms with van der Waals surface area (Å²) in [6.45, 7) is 4.00. The molecule has 1 aromatic heterocycles. The number of rotatable bonds is 1. The first-order valence-corrected chi connectivity index (χ1v) is 7.63. The van der Waals surface area contributed by atoms with E-state index >= 15 is 0 Å². The van der Waals surface area contributed by atoms with Gasteiger partial charge in [-0.05, 0) is 51.3 Å². The van der Waals surface area contributed by atoms with Crippen LogP contribution in [0.25, 0.3) is 10.9 Å². The molecule has 1 aliphatic heterocycles. The van der Waals surface area contributed by atoms with Gasteiger partial charge in [-0.15, -0.1) is 0 Å². The molecule has 2 aromatic rings. The summed E-state index contributed by atoms with van der Waals surface area (Å²) in [7, 11) is 0. The van der Waals surface area contributed by atoms with Crippen LogP contribution >= 0.6 is 0 Å². The molecule has 6 nitrogen and oxygen atoms in total. The van der Waals surface area contributed by atoms with Crippen molar-refractivity contribution in [2.45, 2.75) is 45.2 Å². The minimum Gasteiger partial charge on any atom is -0.329 e. The standard InChI is InChI=1S/C16H20N4O2/c1-10-4-3-5-11(2)20(10)16(22)15(21)18-13-7-6-12-9-17-19-14(12)8-13/h6-11H,3-5H2,1-2H3,(H,17,19)(H,18,21). The lowest BCUT2D eigenvalue weighted by Gasteiger charge is -2.38. The molecule has 2 N–H and O–H groups in total. The van der Waals surface area contributed by atoms with Crippen LogP contribution in [0.3, 0.4) is 0 Å². The van der Waals surface area contributed by atoms with E-state index in [0.29, 0.717) is 5.69 Å². The highest BCUT2D eigenvalue weighted by Crippen LogP contribution is 2.23. The van der Waals surface area contributed by atoms with Crippen molar-refractivity contribution in [2.75, 3.05) is 5.32 Å². The Labute approximate surface area is 128 Å². The zero-order valence-electron chi connectivity index (χ0n) is 12.8. The summed E-state index contributed by atoms with van der Waals surface area (Å²) in [4.78, 5) is 26.4. The minimum atomic E-state index is -0.584. The molecule has 1 aliphatic rings. The molecule has 0 saturated carbocycles. The van der Waals surface area contributed by atoms with Crippen molar-refractivity contribution in [3.63, 3.8) is 0 Å². The predicted molar refractivity (Wildman–Crippen MR) is 84.3 cm³/mol. The molecule has 2 heterocycles. The smallest absolute Gasteiger partial charge is 0.313 e. The number of piperidine rings is 1. The third kappa shape index (κ3) is 2.68. The van der Waals surface area contributed by atoms with Gasteiger partial charge in [0.15, 0.2) is 0 Å². The fourth-order valence-electron chi connectivity index (χ4n) is 3.14. The van der Waals surface area contributed by atoms with Gasteiger partial charge in [0.1, 0.15) is 0 Å². The van der Waals surface area contributed by atoms with Crippen LogP contribution in [-0.2, 0) is 9.59 Å². The van der Waals surface area contributed by atoms with Crippen LogP contribution in [-0.4, -0.2) is 39.0 Å². The number of nitrogens with one attached hydrogen (secondary N) is 2. The molecular formula is C16H20N4O2. The van der Waals surface area contributed by atoms with Crippen LogP contribution in [0, 0.1) is 0 Å². The molecule has 22 heavy (non-hydrogen) atoms. The molecule has 0 bridgehead atoms. The SMILES string of the molecule is CC1CCCC(C)N1C(=O)C(=O)Nc1ccc2cn[nH]c2c1. The van der Waals surface area contributed by atoms with Gasteiger partial charge in [0, 0.05) is 23.2 Å². The summed E-state index contributed by atoms with van der Waals surface area (Å²) in [6.07, 6.45) is 4.71. The van der Waals surface area contributed by atoms with Gasteiger partial charge >= 0.3 is 11.8 Å². The molecule has 6 heteroatoms. The molecule has 0 spiro atoms. The number of fused-ring (bicyclic) bond motifs is 1. The number of carbonyl (C=O) groups is 2. The van der Waals surface area contributed by atoms with Crippen molar-refractivity contribution in [3.05, 3.63) is 24.4 Å². The topological polar surface area (TPSA) is 78.1 Å². The second-order valence-electron chi connectivity index (χ2n) is 5.97. The van der Waals surface area contributed by atoms with Crippen molar-refractivity contribution < 1.29 is 9.59 Å². The van der Waals surface area contributed by atoms with E-state index in [1.54, 1.807) is 23.2 Å². The first-order valence-electron chi connectivity index (χ1n) is 7.63. The lowest BCUT2D eigenvalue weighted by Crippen LogP contribution is -2.51. The normalized spacial score (nSPS) is 21.8. The number of anilines is 1. The molecule has 1 aromatic carbocycles. The lowest BCUT2D eigenvalue weighted by molar-refractivity contribution is -0.147. The number of H-pyrrole nitrogens is 1. The summed E-state index contributed by atoms with van der Waals surface area (Å²) in [6, 6.07) is 5.61. The highest BCUT2D eigenvalue weighted by molar-refractivity contribution is 6.39. The Hall–Kier alpha value is -2.37. The fraction of sp³-hybridized carbons (Fsp3) is 0.438. The average molecular weight is 300 g/mol. The predicted octanol–water partition coefficient (Wildman–Crippen LogP) is 2.29. The van der Waals surface area contributed by atoms with Crippen LogP contribution in [0.4, 0.5) is 5.69 Å². The first-order chi connectivity index (χ1) is 10.6. The number of benzene rings is 1. The molecule has 3 rings (SSSR count). The number of aromatic nitrogens is 2. The van der Waals surface area contributed by atoms with Crippen molar-refractivity contribution in [1.82, 2.24) is 15.1 Å². The fourth-order valence-corrected chi connectivity index (χ4v) is 3.14. The maximum atomic E-state index is 12.4. The van der Waals surface area contributed by atoms with Gasteiger partial charge in [-0.2, -0.15) is 5.10 Å². The van der Waals surface area contributed by atoms with E-state index in [-0.39, 0.29) is 12.1 Å². The summed E-state index contributed by atoms with van der Waals surface area (Å²) in [5.41, 5.74) is 1.41. The highest BCUT2D eigenvalue weighted by atomic mass is 16.2. The van der Waals surface area contributed by atoms with Gasteiger partial charge in [0.25, 0.3) is 0 Å². The minimum absolute atomic E-state index is 0.108. The number of nitrogens with zero attached hydrogens (tertiary/aromatic N) is 2. The molecule has 2 unspecified atom stereocenters. The average Bonchev–Trinajstić information content (AvgIpc) is 2.94. The monoisotopic (exact) mass is 300 g/mol. The van der Waals surface area contributed by atoms with Gasteiger partial charge in [0.05, 0.1) is 11.7 Å². The molecule has 2 amide bonds. The van der Waals surface area contributed by atoms with Gasteiger partial charge in [-0.1, -0.05) is 0 Å². The van der Waals surface area contributed by atoms with Crippen molar-refractivity contribution in [3.8, 4) is 0 Å². The zero-order chi connectivity index (χ0) is 15.7. The van der Waals surface area contributed by atoms with Crippen molar-refractivity contribution >= 4 is 28.4 Å². The molecule has 0 radical (unpaired) electrons. The van der Waals surface area contributed by atoms with Gasteiger partial charge in [-0.25, -0.2) is 0 Å². The number of likely N-dealkylation sites (tertiary alicyclic amines) is 1. The number of amides is 2. The Morgan fingerprint density at radius 2 is 2.00 bits per heavy atom.